The van der Waals surface area contributed by atoms with Gasteiger partial charge in [-0.15, -0.1) is 6.58 Å². The lowest BCUT2D eigenvalue weighted by atomic mass is 10.1. The molecule has 0 radical (unpaired) electrons. The van der Waals surface area contributed by atoms with Crippen molar-refractivity contribution < 1.29 is 9.90 Å². The summed E-state index contributed by atoms with van der Waals surface area (Å²) in [4.78, 5) is 16.1. The normalized spacial score (nSPS) is 27.9. The number of hydrogen-bond donors (Lipinski definition) is 1. The van der Waals surface area contributed by atoms with Crippen molar-refractivity contribution in [2.75, 3.05) is 26.7 Å². The number of aliphatic hydroxyl groups is 1. The number of carbonyl (C=O) groups is 1. The van der Waals surface area contributed by atoms with E-state index in [2.05, 4.69) is 18.4 Å². The van der Waals surface area contributed by atoms with Crippen molar-refractivity contribution in [1.82, 2.24) is 9.80 Å². The van der Waals surface area contributed by atoms with Crippen LogP contribution in [-0.2, 0) is 4.79 Å². The smallest absolute Gasteiger partial charge is 0.240 e. The minimum atomic E-state index is -0.192. The highest BCUT2D eigenvalue weighted by Crippen LogP contribution is 2.17. The highest BCUT2D eigenvalue weighted by Gasteiger charge is 2.32. The van der Waals surface area contributed by atoms with Crippen molar-refractivity contribution in [3.8, 4) is 0 Å². The first-order chi connectivity index (χ1) is 7.61. The van der Waals surface area contributed by atoms with E-state index < -0.39 is 0 Å². The number of carbonyl (C=O) groups excluding carboxylic acids is 1. The predicted molar refractivity (Wildman–Crippen MR) is 64.1 cm³/mol. The lowest BCUT2D eigenvalue weighted by molar-refractivity contribution is -0.135. The van der Waals surface area contributed by atoms with E-state index in [1.54, 1.807) is 6.08 Å². The van der Waals surface area contributed by atoms with Crippen LogP contribution in [-0.4, -0.2) is 59.6 Å². The highest BCUT2D eigenvalue weighted by molar-refractivity contribution is 5.82. The Labute approximate surface area is 97.5 Å². The van der Waals surface area contributed by atoms with E-state index in [0.717, 1.165) is 13.0 Å². The van der Waals surface area contributed by atoms with E-state index in [-0.39, 0.29) is 18.6 Å². The van der Waals surface area contributed by atoms with Crippen LogP contribution in [0, 0.1) is 0 Å². The number of hydrogen-bond acceptors (Lipinski definition) is 3. The highest BCUT2D eigenvalue weighted by atomic mass is 16.3. The van der Waals surface area contributed by atoms with Crippen molar-refractivity contribution in [3.63, 3.8) is 0 Å². The third-order valence-corrected chi connectivity index (χ3v) is 3.35. The minimum absolute atomic E-state index is 0.0510. The number of likely N-dealkylation sites (N-methyl/N-ethyl adjacent to an activating group) is 1. The maximum absolute atomic E-state index is 12.2. The van der Waals surface area contributed by atoms with Gasteiger partial charge in [0.05, 0.1) is 6.04 Å². The van der Waals surface area contributed by atoms with Gasteiger partial charge in [0, 0.05) is 25.7 Å². The van der Waals surface area contributed by atoms with Crippen LogP contribution in [0.3, 0.4) is 0 Å². The molecule has 1 fully saturated rings. The molecule has 1 aliphatic heterocycles. The van der Waals surface area contributed by atoms with Gasteiger partial charge in [0.1, 0.15) is 0 Å². The molecule has 1 amide bonds. The van der Waals surface area contributed by atoms with Gasteiger partial charge in [-0.3, -0.25) is 9.69 Å². The Morgan fingerprint density at radius 1 is 1.62 bits per heavy atom. The largest absolute Gasteiger partial charge is 0.396 e. The van der Waals surface area contributed by atoms with Crippen LogP contribution in [0.1, 0.15) is 19.8 Å². The first-order valence-corrected chi connectivity index (χ1v) is 5.84. The molecule has 1 rings (SSSR count). The van der Waals surface area contributed by atoms with Crippen molar-refractivity contribution in [2.24, 2.45) is 0 Å². The molecule has 1 saturated heterocycles. The standard InChI is InChI=1S/C12H22N2O2/c1-4-7-14-8-5-10(2)13(3)11(6-9-15)12(14)16/h4,10-11,15H,1,5-9H2,2-3H3. The Hall–Kier alpha value is -0.870. The van der Waals surface area contributed by atoms with Gasteiger partial charge < -0.3 is 10.0 Å². The summed E-state index contributed by atoms with van der Waals surface area (Å²) in [6, 6.07) is 0.178. The topological polar surface area (TPSA) is 43.8 Å². The molecule has 4 heteroatoms. The van der Waals surface area contributed by atoms with Crippen LogP contribution in [0.4, 0.5) is 0 Å². The molecule has 0 bridgehead atoms. The molecule has 0 aromatic carbocycles. The zero-order chi connectivity index (χ0) is 12.1. The fraction of sp³-hybridized carbons (Fsp3) is 0.750. The Balaban J connectivity index is 2.81. The summed E-state index contributed by atoms with van der Waals surface area (Å²) in [5.41, 5.74) is 0. The van der Waals surface area contributed by atoms with Crippen molar-refractivity contribution in [2.45, 2.75) is 31.8 Å². The first-order valence-electron chi connectivity index (χ1n) is 5.84. The summed E-state index contributed by atoms with van der Waals surface area (Å²) < 4.78 is 0. The quantitative estimate of drug-likeness (QED) is 0.709. The van der Waals surface area contributed by atoms with Gasteiger partial charge in [0.25, 0.3) is 0 Å². The minimum Gasteiger partial charge on any atom is -0.396 e. The molecule has 0 aromatic heterocycles. The molecule has 0 spiro atoms. The fourth-order valence-corrected chi connectivity index (χ4v) is 2.14. The number of amides is 1. The van der Waals surface area contributed by atoms with E-state index in [1.165, 1.54) is 0 Å². The molecule has 1 N–H and O–H groups in total. The molecular weight excluding hydrogens is 204 g/mol. The second-order valence-electron chi connectivity index (χ2n) is 4.40. The lowest BCUT2D eigenvalue weighted by Crippen LogP contribution is -2.46. The summed E-state index contributed by atoms with van der Waals surface area (Å²) in [7, 11) is 1.96. The van der Waals surface area contributed by atoms with E-state index in [1.807, 2.05) is 11.9 Å². The SMILES string of the molecule is C=CCN1CCC(C)N(C)C(CCO)C1=O. The van der Waals surface area contributed by atoms with Crippen molar-refractivity contribution in [1.29, 1.82) is 0 Å². The average molecular weight is 226 g/mol. The van der Waals surface area contributed by atoms with Crippen LogP contribution in [0.25, 0.3) is 0 Å². The number of nitrogens with zero attached hydrogens (tertiary/aromatic N) is 2. The molecule has 1 heterocycles. The second-order valence-corrected chi connectivity index (χ2v) is 4.40. The van der Waals surface area contributed by atoms with E-state index in [0.29, 0.717) is 19.0 Å². The molecule has 2 atom stereocenters. The van der Waals surface area contributed by atoms with Crippen LogP contribution >= 0.6 is 0 Å². The fourth-order valence-electron chi connectivity index (χ4n) is 2.14. The first kappa shape index (κ1) is 13.2. The third-order valence-electron chi connectivity index (χ3n) is 3.35. The van der Waals surface area contributed by atoms with Gasteiger partial charge in [-0.2, -0.15) is 0 Å². The van der Waals surface area contributed by atoms with Crippen LogP contribution < -0.4 is 0 Å². The second kappa shape index (κ2) is 6.01. The zero-order valence-electron chi connectivity index (χ0n) is 10.2. The maximum atomic E-state index is 12.2. The van der Waals surface area contributed by atoms with Gasteiger partial charge in [0.15, 0.2) is 0 Å². The summed E-state index contributed by atoms with van der Waals surface area (Å²) in [6.07, 6.45) is 3.23. The summed E-state index contributed by atoms with van der Waals surface area (Å²) in [5, 5.41) is 9.03. The van der Waals surface area contributed by atoms with Crippen molar-refractivity contribution in [3.05, 3.63) is 12.7 Å². The van der Waals surface area contributed by atoms with E-state index in [9.17, 15) is 4.79 Å². The Morgan fingerprint density at radius 3 is 2.88 bits per heavy atom. The van der Waals surface area contributed by atoms with Gasteiger partial charge in [-0.1, -0.05) is 6.08 Å². The van der Waals surface area contributed by atoms with E-state index in [4.69, 9.17) is 5.11 Å². The Kier molecular flexibility index (Phi) is 4.96. The molecular formula is C12H22N2O2. The molecule has 1 aliphatic rings. The number of aliphatic hydroxyl groups excluding tert-OH is 1. The van der Waals surface area contributed by atoms with Gasteiger partial charge in [-0.25, -0.2) is 0 Å². The van der Waals surface area contributed by atoms with Crippen LogP contribution in [0.2, 0.25) is 0 Å². The molecule has 92 valence electrons. The van der Waals surface area contributed by atoms with Crippen LogP contribution in [0.15, 0.2) is 12.7 Å². The third kappa shape index (κ3) is 2.83. The molecule has 0 saturated carbocycles. The predicted octanol–water partition coefficient (Wildman–Crippen LogP) is 0.476. The van der Waals surface area contributed by atoms with Crippen LogP contribution in [0.5, 0.6) is 0 Å². The molecule has 0 aliphatic carbocycles. The lowest BCUT2D eigenvalue weighted by Gasteiger charge is -2.29. The molecule has 4 nitrogen and oxygen atoms in total. The van der Waals surface area contributed by atoms with E-state index >= 15 is 0 Å². The average Bonchev–Trinajstić information content (AvgIpc) is 2.36. The van der Waals surface area contributed by atoms with Gasteiger partial charge in [0.2, 0.25) is 5.91 Å². The zero-order valence-corrected chi connectivity index (χ0v) is 10.2. The number of rotatable bonds is 4. The van der Waals surface area contributed by atoms with Crippen molar-refractivity contribution >= 4 is 5.91 Å². The molecule has 16 heavy (non-hydrogen) atoms. The monoisotopic (exact) mass is 226 g/mol. The Morgan fingerprint density at radius 2 is 2.31 bits per heavy atom. The summed E-state index contributed by atoms with van der Waals surface area (Å²) >= 11 is 0. The Bertz CT molecular complexity index is 255. The summed E-state index contributed by atoms with van der Waals surface area (Å²) in [5.74, 6) is 0.112. The maximum Gasteiger partial charge on any atom is 0.240 e. The molecule has 0 aromatic rings. The van der Waals surface area contributed by atoms with Gasteiger partial charge in [-0.05, 0) is 26.8 Å². The van der Waals surface area contributed by atoms with Gasteiger partial charge >= 0.3 is 0 Å². The molecule has 2 unspecified atom stereocenters. The summed E-state index contributed by atoms with van der Waals surface area (Å²) in [6.45, 7) is 7.22.